The Morgan fingerprint density at radius 3 is 2.36 bits per heavy atom. The Balaban J connectivity index is 1.30. The van der Waals surface area contributed by atoms with Crippen LogP contribution in [0.1, 0.15) is 56.2 Å². The van der Waals surface area contributed by atoms with Crippen LogP contribution in [0.5, 0.6) is 11.5 Å². The summed E-state index contributed by atoms with van der Waals surface area (Å²) in [6.45, 7) is 15.0. The van der Waals surface area contributed by atoms with E-state index in [1.165, 1.54) is 17.2 Å². The van der Waals surface area contributed by atoms with Crippen molar-refractivity contribution in [2.45, 2.75) is 59.8 Å². The third-order valence-electron chi connectivity index (χ3n) is 9.17. The van der Waals surface area contributed by atoms with Crippen LogP contribution in [0.15, 0.2) is 72.9 Å². The number of carbonyl (C=O) groups excluding carboxylic acids is 2. The van der Waals surface area contributed by atoms with Gasteiger partial charge < -0.3 is 25.0 Å². The molecule has 282 valence electrons. The van der Waals surface area contributed by atoms with Gasteiger partial charge >= 0.3 is 6.09 Å². The second kappa shape index (κ2) is 19.7. The predicted octanol–water partition coefficient (Wildman–Crippen LogP) is 7.57. The maximum atomic E-state index is 15.2. The number of ether oxygens (including phenoxy) is 2. The average Bonchev–Trinajstić information content (AvgIpc) is 3.15. The highest BCUT2D eigenvalue weighted by molar-refractivity contribution is 5.96. The number of hydrogen-bond donors (Lipinski definition) is 2. The third kappa shape index (κ3) is 11.5. The first-order valence-corrected chi connectivity index (χ1v) is 18.6. The molecule has 2 heterocycles. The second-order valence-corrected chi connectivity index (χ2v) is 13.3. The van der Waals surface area contributed by atoms with Crippen molar-refractivity contribution in [1.29, 1.82) is 0 Å². The fourth-order valence-corrected chi connectivity index (χ4v) is 6.22. The zero-order valence-electron chi connectivity index (χ0n) is 31.4. The summed E-state index contributed by atoms with van der Waals surface area (Å²) in [6.07, 6.45) is 4.75. The van der Waals surface area contributed by atoms with E-state index >= 15 is 4.39 Å². The lowest BCUT2D eigenvalue weighted by Crippen LogP contribution is -2.47. The monoisotopic (exact) mass is 725 g/mol. The summed E-state index contributed by atoms with van der Waals surface area (Å²) in [6, 6.07) is 19.3. The van der Waals surface area contributed by atoms with Gasteiger partial charge in [-0.2, -0.15) is 4.98 Å². The van der Waals surface area contributed by atoms with Gasteiger partial charge in [0, 0.05) is 69.7 Å². The highest BCUT2D eigenvalue weighted by Crippen LogP contribution is 2.30. The topological polar surface area (TPSA) is 112 Å². The Kier molecular flexibility index (Phi) is 14.5. The molecular weight excluding hydrogens is 673 g/mol. The molecular formula is C41H52FN7O4. The Labute approximate surface area is 312 Å². The van der Waals surface area contributed by atoms with E-state index in [0.29, 0.717) is 43.1 Å². The van der Waals surface area contributed by atoms with Gasteiger partial charge in [-0.05, 0) is 80.6 Å². The van der Waals surface area contributed by atoms with Crippen molar-refractivity contribution in [1.82, 2.24) is 25.1 Å². The number of piperazine rings is 1. The fraction of sp³-hybridized carbons (Fsp3) is 0.415. The van der Waals surface area contributed by atoms with Gasteiger partial charge in [0.25, 0.3) is 0 Å². The van der Waals surface area contributed by atoms with Gasteiger partial charge in [-0.15, -0.1) is 0 Å². The Morgan fingerprint density at radius 2 is 1.64 bits per heavy atom. The van der Waals surface area contributed by atoms with Crippen molar-refractivity contribution >= 4 is 35.1 Å². The molecule has 0 unspecified atom stereocenters. The zero-order valence-corrected chi connectivity index (χ0v) is 31.4. The molecule has 2 N–H and O–H groups in total. The maximum Gasteiger partial charge on any atom is 0.425 e. The van der Waals surface area contributed by atoms with Gasteiger partial charge in [-0.3, -0.25) is 9.69 Å². The number of nitrogens with one attached hydrogen (secondary N) is 2. The van der Waals surface area contributed by atoms with E-state index in [0.717, 1.165) is 75.2 Å². The largest absolute Gasteiger partial charge is 0.489 e. The Hall–Kier alpha value is -5.07. The van der Waals surface area contributed by atoms with Gasteiger partial charge in [-0.1, -0.05) is 50.6 Å². The molecule has 2 amide bonds. The lowest BCUT2D eigenvalue weighted by Gasteiger charge is -2.34. The summed E-state index contributed by atoms with van der Waals surface area (Å²) < 4.78 is 27.0. The number of benzene rings is 3. The number of hydrogen-bond acceptors (Lipinski definition) is 9. The molecule has 5 rings (SSSR count). The lowest BCUT2D eigenvalue weighted by molar-refractivity contribution is -0.121. The average molecular weight is 726 g/mol. The Morgan fingerprint density at radius 1 is 0.906 bits per heavy atom. The lowest BCUT2D eigenvalue weighted by atomic mass is 10.1. The number of halogens is 1. The minimum Gasteiger partial charge on any atom is -0.489 e. The molecule has 53 heavy (non-hydrogen) atoms. The van der Waals surface area contributed by atoms with Crippen molar-refractivity contribution in [2.75, 3.05) is 62.6 Å². The number of rotatable bonds is 17. The van der Waals surface area contributed by atoms with Crippen LogP contribution in [-0.4, -0.2) is 84.2 Å². The van der Waals surface area contributed by atoms with Crippen LogP contribution >= 0.6 is 0 Å². The smallest absolute Gasteiger partial charge is 0.425 e. The van der Waals surface area contributed by atoms with Crippen molar-refractivity contribution in [3.8, 4) is 11.5 Å². The van der Waals surface area contributed by atoms with E-state index in [1.807, 2.05) is 50.2 Å². The minimum absolute atomic E-state index is 0.0193. The first kappa shape index (κ1) is 39.1. The second-order valence-electron chi connectivity index (χ2n) is 13.3. The number of amides is 2. The van der Waals surface area contributed by atoms with E-state index in [2.05, 4.69) is 44.2 Å². The number of aromatic nitrogens is 2. The van der Waals surface area contributed by atoms with Crippen molar-refractivity contribution in [2.24, 2.45) is 0 Å². The number of carbonyl (C=O) groups is 2. The molecule has 1 saturated heterocycles. The molecule has 3 aromatic carbocycles. The number of nitrogens with zero attached hydrogens (tertiary/aromatic N) is 5. The van der Waals surface area contributed by atoms with Crippen LogP contribution in [0.2, 0.25) is 0 Å². The number of anilines is 4. The molecule has 4 aromatic rings. The number of para-hydroxylation sites is 1. The van der Waals surface area contributed by atoms with E-state index in [9.17, 15) is 9.59 Å². The summed E-state index contributed by atoms with van der Waals surface area (Å²) in [5.74, 6) is 0.505. The van der Waals surface area contributed by atoms with Crippen LogP contribution in [0.4, 0.5) is 32.3 Å². The van der Waals surface area contributed by atoms with Gasteiger partial charge in [0.1, 0.15) is 18.2 Å². The summed E-state index contributed by atoms with van der Waals surface area (Å²) in [7, 11) is 0. The highest BCUT2D eigenvalue weighted by Gasteiger charge is 2.24. The quantitative estimate of drug-likeness (QED) is 0.107. The normalized spacial score (nSPS) is 13.4. The van der Waals surface area contributed by atoms with Gasteiger partial charge in [0.05, 0.1) is 5.69 Å². The van der Waals surface area contributed by atoms with E-state index in [1.54, 1.807) is 24.3 Å². The molecule has 1 fully saturated rings. The van der Waals surface area contributed by atoms with Crippen LogP contribution in [0.25, 0.3) is 0 Å². The molecule has 1 aromatic heterocycles. The zero-order chi connectivity index (χ0) is 37.6. The maximum absolute atomic E-state index is 15.2. The summed E-state index contributed by atoms with van der Waals surface area (Å²) in [5, 5.41) is 6.01. The first-order chi connectivity index (χ1) is 25.7. The van der Waals surface area contributed by atoms with Crippen LogP contribution < -0.4 is 25.0 Å². The van der Waals surface area contributed by atoms with Crippen molar-refractivity contribution < 1.29 is 23.5 Å². The summed E-state index contributed by atoms with van der Waals surface area (Å²) >= 11 is 0. The molecule has 12 heteroatoms. The van der Waals surface area contributed by atoms with E-state index in [-0.39, 0.29) is 23.4 Å². The predicted molar refractivity (Wildman–Crippen MR) is 207 cm³/mol. The molecule has 0 saturated carbocycles. The molecule has 0 spiro atoms. The molecule has 0 radical (unpaired) electrons. The molecule has 0 atom stereocenters. The number of unbranched alkanes of at least 4 members (excludes halogenated alkanes) is 1. The molecule has 1 aliphatic rings. The van der Waals surface area contributed by atoms with Gasteiger partial charge in [0.15, 0.2) is 11.6 Å². The van der Waals surface area contributed by atoms with E-state index in [4.69, 9.17) is 9.47 Å². The van der Waals surface area contributed by atoms with Crippen LogP contribution in [-0.2, 0) is 11.2 Å². The van der Waals surface area contributed by atoms with Gasteiger partial charge in [0.2, 0.25) is 11.9 Å². The van der Waals surface area contributed by atoms with E-state index < -0.39 is 11.9 Å². The SMILES string of the molecule is CCCCNC(=O)CCc1cccc(N(C(=O)Oc2c(C)cccc2C)c2ccnc(Nc3ccc(OCCN4CCN(CCC)CC4)c(F)c3)n2)c1. The van der Waals surface area contributed by atoms with Crippen LogP contribution in [0.3, 0.4) is 0 Å². The molecule has 0 bridgehead atoms. The summed E-state index contributed by atoms with van der Waals surface area (Å²) in [5.41, 5.74) is 3.42. The number of aryl methyl sites for hydroxylation is 3. The van der Waals surface area contributed by atoms with Crippen molar-refractivity contribution in [3.63, 3.8) is 0 Å². The fourth-order valence-electron chi connectivity index (χ4n) is 6.22. The summed E-state index contributed by atoms with van der Waals surface area (Å²) in [4.78, 5) is 41.6. The first-order valence-electron chi connectivity index (χ1n) is 18.6. The third-order valence-corrected chi connectivity index (χ3v) is 9.17. The standard InChI is InChI=1S/C41H52FN7O4/c1-5-7-19-43-38(50)17-14-32-12-9-13-34(28-32)49(41(51)53-39-30(3)10-8-11-31(39)4)37-18-20-44-40(46-37)45-33-15-16-36(35(42)29-33)52-27-26-48-24-22-47(21-6-2)23-25-48/h8-13,15-16,18,20,28-29H,5-7,14,17,19,21-27H2,1-4H3,(H,43,50)(H,44,45,46). The van der Waals surface area contributed by atoms with Crippen molar-refractivity contribution in [3.05, 3.63) is 95.4 Å². The minimum atomic E-state index is -0.670. The Bertz CT molecular complexity index is 1790. The van der Waals surface area contributed by atoms with Crippen LogP contribution in [0, 0.1) is 19.7 Å². The van der Waals surface area contributed by atoms with Gasteiger partial charge in [-0.25, -0.2) is 19.1 Å². The molecule has 1 aliphatic heterocycles. The highest BCUT2D eigenvalue weighted by atomic mass is 19.1. The molecule has 11 nitrogen and oxygen atoms in total. The molecule has 0 aliphatic carbocycles.